The molecule has 1 aliphatic heterocycles. The molecular formula is C26H24ClN3O3. The normalized spacial score (nSPS) is 14.7. The van der Waals surface area contributed by atoms with Crippen molar-refractivity contribution in [1.82, 2.24) is 9.88 Å². The van der Waals surface area contributed by atoms with Gasteiger partial charge in [-0.05, 0) is 54.4 Å². The van der Waals surface area contributed by atoms with Crippen molar-refractivity contribution in [1.29, 1.82) is 0 Å². The van der Waals surface area contributed by atoms with Crippen molar-refractivity contribution in [3.8, 4) is 16.9 Å². The van der Waals surface area contributed by atoms with E-state index in [1.807, 2.05) is 43.3 Å². The van der Waals surface area contributed by atoms with Gasteiger partial charge in [0.25, 0.3) is 0 Å². The van der Waals surface area contributed by atoms with Gasteiger partial charge in [0.2, 0.25) is 0 Å². The Morgan fingerprint density at radius 1 is 1.03 bits per heavy atom. The highest BCUT2D eigenvalue weighted by Crippen LogP contribution is 2.33. The summed E-state index contributed by atoms with van der Waals surface area (Å²) in [4.78, 5) is 21.9. The van der Waals surface area contributed by atoms with Gasteiger partial charge in [0.1, 0.15) is 17.2 Å². The molecule has 1 saturated heterocycles. The first-order chi connectivity index (χ1) is 16.0. The Morgan fingerprint density at radius 3 is 2.48 bits per heavy atom. The quantitative estimate of drug-likeness (QED) is 0.438. The second-order valence-corrected chi connectivity index (χ2v) is 8.72. The third-order valence-corrected chi connectivity index (χ3v) is 6.53. The van der Waals surface area contributed by atoms with Crippen LogP contribution in [-0.4, -0.2) is 41.2 Å². The van der Waals surface area contributed by atoms with Crippen LogP contribution < -0.4 is 10.5 Å². The minimum Gasteiger partial charge on any atom is -0.507 e. The number of aromatic nitrogens is 1. The predicted molar refractivity (Wildman–Crippen MR) is 131 cm³/mol. The molecule has 7 heteroatoms. The van der Waals surface area contributed by atoms with E-state index in [1.54, 1.807) is 24.4 Å². The molecule has 0 bridgehead atoms. The number of hydrogen-bond acceptors (Lipinski definition) is 6. The maximum atomic E-state index is 13.0. The standard InChI is InChI=1S/C26H24ClN3O3/c1-17-20-9-10-22(31)21(16-29-12-14-30(15-13-29)23-4-2-3-11-28-23)25(20)33-26(32)24(17)18-5-7-19(27)8-6-18/h2-11,31H,12-16H2,1H3. The Morgan fingerprint density at radius 2 is 1.79 bits per heavy atom. The molecule has 33 heavy (non-hydrogen) atoms. The number of anilines is 1. The van der Waals surface area contributed by atoms with Crippen LogP contribution in [0.15, 0.2) is 70.0 Å². The molecule has 2 aromatic carbocycles. The van der Waals surface area contributed by atoms with Crippen molar-refractivity contribution in [3.63, 3.8) is 0 Å². The molecule has 4 aromatic rings. The van der Waals surface area contributed by atoms with E-state index < -0.39 is 5.63 Å². The van der Waals surface area contributed by atoms with Crippen molar-refractivity contribution in [3.05, 3.63) is 87.4 Å². The summed E-state index contributed by atoms with van der Waals surface area (Å²) in [6.07, 6.45) is 1.80. The molecular weight excluding hydrogens is 438 g/mol. The number of phenols is 1. The molecule has 0 unspecified atom stereocenters. The van der Waals surface area contributed by atoms with E-state index in [0.717, 1.165) is 48.5 Å². The number of fused-ring (bicyclic) bond motifs is 1. The molecule has 168 valence electrons. The van der Waals surface area contributed by atoms with Gasteiger partial charge in [-0.3, -0.25) is 4.90 Å². The lowest BCUT2D eigenvalue weighted by atomic mass is 9.98. The highest BCUT2D eigenvalue weighted by Gasteiger charge is 2.22. The van der Waals surface area contributed by atoms with E-state index in [1.165, 1.54) is 0 Å². The first kappa shape index (κ1) is 21.5. The summed E-state index contributed by atoms with van der Waals surface area (Å²) in [5, 5.41) is 12.1. The molecule has 5 rings (SSSR count). The largest absolute Gasteiger partial charge is 0.507 e. The molecule has 1 N–H and O–H groups in total. The highest BCUT2D eigenvalue weighted by molar-refractivity contribution is 6.30. The second-order valence-electron chi connectivity index (χ2n) is 8.29. The number of rotatable bonds is 4. The van der Waals surface area contributed by atoms with E-state index in [2.05, 4.69) is 14.8 Å². The summed E-state index contributed by atoms with van der Waals surface area (Å²) in [6, 6.07) is 16.6. The van der Waals surface area contributed by atoms with E-state index in [4.69, 9.17) is 16.0 Å². The molecule has 0 amide bonds. The zero-order chi connectivity index (χ0) is 22.9. The average molecular weight is 462 g/mol. The van der Waals surface area contributed by atoms with Gasteiger partial charge in [0.05, 0.1) is 11.1 Å². The molecule has 0 aliphatic carbocycles. The lowest BCUT2D eigenvalue weighted by Crippen LogP contribution is -2.46. The van der Waals surface area contributed by atoms with Crippen molar-refractivity contribution >= 4 is 28.4 Å². The van der Waals surface area contributed by atoms with Crippen LogP contribution in [0.5, 0.6) is 5.75 Å². The van der Waals surface area contributed by atoms with Crippen LogP contribution in [0.4, 0.5) is 5.82 Å². The van der Waals surface area contributed by atoms with Crippen molar-refractivity contribution in [2.24, 2.45) is 0 Å². The van der Waals surface area contributed by atoms with Gasteiger partial charge in [-0.25, -0.2) is 9.78 Å². The van der Waals surface area contributed by atoms with Crippen LogP contribution in [0.25, 0.3) is 22.1 Å². The third kappa shape index (κ3) is 4.19. The minimum absolute atomic E-state index is 0.136. The Labute approximate surface area is 196 Å². The van der Waals surface area contributed by atoms with E-state index in [0.29, 0.717) is 28.3 Å². The lowest BCUT2D eigenvalue weighted by molar-refractivity contribution is 0.246. The molecule has 0 saturated carbocycles. The third-order valence-electron chi connectivity index (χ3n) is 6.27. The van der Waals surface area contributed by atoms with Crippen molar-refractivity contribution in [2.75, 3.05) is 31.1 Å². The first-order valence-electron chi connectivity index (χ1n) is 10.9. The van der Waals surface area contributed by atoms with Crippen LogP contribution in [-0.2, 0) is 6.54 Å². The number of halogens is 1. The maximum absolute atomic E-state index is 13.0. The summed E-state index contributed by atoms with van der Waals surface area (Å²) in [5.41, 5.74) is 2.76. The average Bonchev–Trinajstić information content (AvgIpc) is 2.83. The van der Waals surface area contributed by atoms with Crippen LogP contribution in [0.2, 0.25) is 5.02 Å². The van der Waals surface area contributed by atoms with E-state index in [9.17, 15) is 9.90 Å². The van der Waals surface area contributed by atoms with Gasteiger partial charge >= 0.3 is 5.63 Å². The summed E-state index contributed by atoms with van der Waals surface area (Å²) < 4.78 is 5.81. The van der Waals surface area contributed by atoms with E-state index >= 15 is 0 Å². The zero-order valence-electron chi connectivity index (χ0n) is 18.3. The number of phenolic OH excluding ortho intramolecular Hbond substituents is 1. The van der Waals surface area contributed by atoms with Gasteiger partial charge in [-0.1, -0.05) is 29.8 Å². The molecule has 6 nitrogen and oxygen atoms in total. The molecule has 0 spiro atoms. The van der Waals surface area contributed by atoms with Crippen molar-refractivity contribution in [2.45, 2.75) is 13.5 Å². The molecule has 0 atom stereocenters. The van der Waals surface area contributed by atoms with Gasteiger partial charge in [0, 0.05) is 49.3 Å². The summed E-state index contributed by atoms with van der Waals surface area (Å²) in [5.74, 6) is 1.11. The number of piperazine rings is 1. The van der Waals surface area contributed by atoms with Crippen LogP contribution in [0.1, 0.15) is 11.1 Å². The molecule has 2 aromatic heterocycles. The summed E-state index contributed by atoms with van der Waals surface area (Å²) in [7, 11) is 0. The monoisotopic (exact) mass is 461 g/mol. The van der Waals surface area contributed by atoms with Crippen molar-refractivity contribution < 1.29 is 9.52 Å². The fourth-order valence-corrected chi connectivity index (χ4v) is 4.59. The number of benzene rings is 2. The smallest absolute Gasteiger partial charge is 0.344 e. The number of hydrogen-bond donors (Lipinski definition) is 1. The number of aromatic hydroxyl groups is 1. The predicted octanol–water partition coefficient (Wildman–Crippen LogP) is 4.84. The number of pyridine rings is 1. The van der Waals surface area contributed by atoms with Gasteiger partial charge in [-0.15, -0.1) is 0 Å². The van der Waals surface area contributed by atoms with Gasteiger partial charge in [-0.2, -0.15) is 0 Å². The molecule has 3 heterocycles. The van der Waals surface area contributed by atoms with Crippen LogP contribution in [0.3, 0.4) is 0 Å². The van der Waals surface area contributed by atoms with Gasteiger partial charge in [0.15, 0.2) is 0 Å². The second kappa shape index (κ2) is 8.89. The molecule has 0 radical (unpaired) electrons. The highest BCUT2D eigenvalue weighted by atomic mass is 35.5. The SMILES string of the molecule is Cc1c(-c2ccc(Cl)cc2)c(=O)oc2c(CN3CCN(c4ccccn4)CC3)c(O)ccc12. The Balaban J connectivity index is 1.45. The summed E-state index contributed by atoms with van der Waals surface area (Å²) >= 11 is 6.01. The number of nitrogens with zero attached hydrogens (tertiary/aromatic N) is 3. The first-order valence-corrected chi connectivity index (χ1v) is 11.3. The zero-order valence-corrected chi connectivity index (χ0v) is 19.0. The van der Waals surface area contributed by atoms with Crippen LogP contribution >= 0.6 is 11.6 Å². The fraction of sp³-hybridized carbons (Fsp3) is 0.231. The van der Waals surface area contributed by atoms with E-state index in [-0.39, 0.29) is 5.75 Å². The Bertz CT molecular complexity index is 1350. The minimum atomic E-state index is -0.422. The Kier molecular flexibility index (Phi) is 5.79. The lowest BCUT2D eigenvalue weighted by Gasteiger charge is -2.35. The summed E-state index contributed by atoms with van der Waals surface area (Å²) in [6.45, 7) is 5.73. The van der Waals surface area contributed by atoms with Crippen LogP contribution in [0, 0.1) is 6.92 Å². The maximum Gasteiger partial charge on any atom is 0.344 e. The number of aryl methyl sites for hydroxylation is 1. The molecule has 1 aliphatic rings. The molecule has 1 fully saturated rings. The van der Waals surface area contributed by atoms with Gasteiger partial charge < -0.3 is 14.4 Å². The topological polar surface area (TPSA) is 69.8 Å². The Hall–Kier alpha value is -3.35. The fourth-order valence-electron chi connectivity index (χ4n) is 4.46.